The summed E-state index contributed by atoms with van der Waals surface area (Å²) in [7, 11) is 3.48. The average molecular weight is 141 g/mol. The van der Waals surface area contributed by atoms with Gasteiger partial charge in [0.1, 0.15) is 0 Å². The quantitative estimate of drug-likeness (QED) is 0.324. The Bertz CT molecular complexity index is 108. The number of aliphatic imine (C=N–C) groups is 1. The van der Waals surface area contributed by atoms with Gasteiger partial charge in [0.25, 0.3) is 0 Å². The lowest BCUT2D eigenvalue weighted by atomic mass is 10.3. The highest BCUT2D eigenvalue weighted by Gasteiger charge is 1.75. The Kier molecular flexibility index (Phi) is 7.84. The van der Waals surface area contributed by atoms with Crippen molar-refractivity contribution < 1.29 is 4.74 Å². The van der Waals surface area contributed by atoms with Crippen molar-refractivity contribution in [2.24, 2.45) is 4.99 Å². The number of ether oxygens (including phenoxy) is 1. The lowest BCUT2D eigenvalue weighted by molar-refractivity contribution is 0.233. The fourth-order valence-electron chi connectivity index (χ4n) is 0.582. The Hall–Kier alpha value is -0.630. The molecule has 0 bridgehead atoms. The Morgan fingerprint density at radius 1 is 1.30 bits per heavy atom. The van der Waals surface area contributed by atoms with Crippen LogP contribution in [-0.2, 0) is 4.74 Å². The van der Waals surface area contributed by atoms with Crippen LogP contribution in [0.5, 0.6) is 0 Å². The molecule has 0 N–H and O–H groups in total. The van der Waals surface area contributed by atoms with Crippen molar-refractivity contribution in [3.05, 3.63) is 12.2 Å². The molecule has 0 spiro atoms. The van der Waals surface area contributed by atoms with Crippen LogP contribution in [0.2, 0.25) is 0 Å². The van der Waals surface area contributed by atoms with Crippen LogP contribution in [0, 0.1) is 0 Å². The highest BCUT2D eigenvalue weighted by molar-refractivity contribution is 5.56. The van der Waals surface area contributed by atoms with E-state index < -0.39 is 0 Å². The van der Waals surface area contributed by atoms with E-state index >= 15 is 0 Å². The molecule has 0 amide bonds. The molecule has 0 unspecified atom stereocenters. The average Bonchev–Trinajstić information content (AvgIpc) is 1.97. The fourth-order valence-corrected chi connectivity index (χ4v) is 0.582. The zero-order chi connectivity index (χ0) is 7.66. The third-order valence-electron chi connectivity index (χ3n) is 1.07. The van der Waals surface area contributed by atoms with Gasteiger partial charge in [-0.15, -0.1) is 0 Å². The van der Waals surface area contributed by atoms with Gasteiger partial charge in [0, 0.05) is 14.2 Å². The van der Waals surface area contributed by atoms with Gasteiger partial charge in [-0.3, -0.25) is 0 Å². The summed E-state index contributed by atoms with van der Waals surface area (Å²) in [5.74, 6) is 0. The molecule has 0 aromatic rings. The predicted molar refractivity (Wildman–Crippen MR) is 44.7 cm³/mol. The van der Waals surface area contributed by atoms with Crippen molar-refractivity contribution in [2.75, 3.05) is 20.8 Å². The second kappa shape index (κ2) is 8.37. The fraction of sp³-hybridized carbons (Fsp3) is 0.625. The first-order valence-electron chi connectivity index (χ1n) is 3.46. The molecule has 2 heteroatoms. The van der Waals surface area contributed by atoms with Crippen molar-refractivity contribution in [1.82, 2.24) is 0 Å². The smallest absolute Gasteiger partial charge is 0.0643 e. The zero-order valence-electron chi connectivity index (χ0n) is 6.71. The summed E-state index contributed by atoms with van der Waals surface area (Å²) in [5, 5.41) is 0. The second-order valence-corrected chi connectivity index (χ2v) is 1.94. The first kappa shape index (κ1) is 9.37. The van der Waals surface area contributed by atoms with Crippen molar-refractivity contribution in [2.45, 2.75) is 12.8 Å². The molecule has 0 aliphatic rings. The molecular formula is C8H15NO. The summed E-state index contributed by atoms with van der Waals surface area (Å²) in [6.45, 7) is 0.712. The number of nitrogens with zero attached hydrogens (tertiary/aromatic N) is 1. The third kappa shape index (κ3) is 7.37. The molecule has 10 heavy (non-hydrogen) atoms. The van der Waals surface area contributed by atoms with Gasteiger partial charge in [-0.1, -0.05) is 12.2 Å². The molecule has 0 saturated heterocycles. The van der Waals surface area contributed by atoms with Gasteiger partial charge in [-0.2, -0.15) is 0 Å². The molecule has 0 radical (unpaired) electrons. The molecule has 0 aliphatic carbocycles. The minimum absolute atomic E-state index is 0.712. The summed E-state index contributed by atoms with van der Waals surface area (Å²) >= 11 is 0. The number of unbranched alkanes of at least 4 members (excludes halogenated alkanes) is 1. The molecule has 0 fully saturated rings. The molecule has 0 aliphatic heterocycles. The van der Waals surface area contributed by atoms with E-state index in [1.165, 1.54) is 0 Å². The lowest BCUT2D eigenvalue weighted by Crippen LogP contribution is -1.80. The first-order valence-corrected chi connectivity index (χ1v) is 3.46. The highest BCUT2D eigenvalue weighted by Crippen LogP contribution is 1.87. The monoisotopic (exact) mass is 141 g/mol. The van der Waals surface area contributed by atoms with Crippen LogP contribution in [0.4, 0.5) is 0 Å². The summed E-state index contributed by atoms with van der Waals surface area (Å²) < 4.78 is 4.83. The molecule has 0 atom stereocenters. The van der Waals surface area contributed by atoms with E-state index in [0.29, 0.717) is 6.61 Å². The van der Waals surface area contributed by atoms with Crippen molar-refractivity contribution in [3.8, 4) is 0 Å². The number of hydrogen-bond donors (Lipinski definition) is 0. The van der Waals surface area contributed by atoms with Crippen LogP contribution in [0.1, 0.15) is 12.8 Å². The number of methoxy groups -OCH3 is 1. The maximum atomic E-state index is 4.83. The molecule has 0 rings (SSSR count). The lowest BCUT2D eigenvalue weighted by Gasteiger charge is -1.87. The Morgan fingerprint density at radius 2 is 2.10 bits per heavy atom. The normalized spacial score (nSPS) is 11.8. The van der Waals surface area contributed by atoms with Gasteiger partial charge >= 0.3 is 0 Å². The van der Waals surface area contributed by atoms with Crippen molar-refractivity contribution in [3.63, 3.8) is 0 Å². The molecular weight excluding hydrogens is 126 g/mol. The van der Waals surface area contributed by atoms with Gasteiger partial charge in [-0.25, -0.2) is 0 Å². The van der Waals surface area contributed by atoms with Gasteiger partial charge in [0.2, 0.25) is 0 Å². The van der Waals surface area contributed by atoms with Crippen LogP contribution in [-0.4, -0.2) is 27.0 Å². The molecule has 0 heterocycles. The zero-order valence-corrected chi connectivity index (χ0v) is 6.71. The number of allylic oxidation sites excluding steroid dienone is 1. The molecule has 0 aromatic carbocycles. The van der Waals surface area contributed by atoms with Crippen molar-refractivity contribution >= 4 is 6.21 Å². The second-order valence-electron chi connectivity index (χ2n) is 1.94. The standard InChI is InChI=1S/C8H15NO/c1-9-7-5-3-4-6-8-10-2/h4,6-7H,3,5,8H2,1-2H3. The first-order chi connectivity index (χ1) is 4.91. The van der Waals surface area contributed by atoms with Gasteiger partial charge in [0.05, 0.1) is 6.61 Å². The molecule has 58 valence electrons. The number of rotatable bonds is 5. The summed E-state index contributed by atoms with van der Waals surface area (Å²) in [6, 6.07) is 0. The maximum Gasteiger partial charge on any atom is 0.0643 e. The van der Waals surface area contributed by atoms with E-state index in [1.54, 1.807) is 14.2 Å². The van der Waals surface area contributed by atoms with Crippen LogP contribution in [0.3, 0.4) is 0 Å². The summed E-state index contributed by atoms with van der Waals surface area (Å²) in [4.78, 5) is 3.86. The van der Waals surface area contributed by atoms with E-state index in [2.05, 4.69) is 11.1 Å². The van der Waals surface area contributed by atoms with Gasteiger partial charge in [-0.05, 0) is 19.1 Å². The minimum atomic E-state index is 0.712. The third-order valence-corrected chi connectivity index (χ3v) is 1.07. The SMILES string of the molecule is CN=CCCC=CCOC. The van der Waals surface area contributed by atoms with E-state index in [4.69, 9.17) is 4.74 Å². The van der Waals surface area contributed by atoms with E-state index in [-0.39, 0.29) is 0 Å². The summed E-state index contributed by atoms with van der Waals surface area (Å²) in [6.07, 6.45) is 8.11. The highest BCUT2D eigenvalue weighted by atomic mass is 16.5. The van der Waals surface area contributed by atoms with Crippen LogP contribution >= 0.6 is 0 Å². The molecule has 2 nitrogen and oxygen atoms in total. The molecule has 0 saturated carbocycles. The maximum absolute atomic E-state index is 4.83. The summed E-state index contributed by atoms with van der Waals surface area (Å²) in [5.41, 5.74) is 0. The Balaban J connectivity index is 3.02. The Labute approximate surface area is 62.6 Å². The van der Waals surface area contributed by atoms with E-state index in [9.17, 15) is 0 Å². The van der Waals surface area contributed by atoms with E-state index in [0.717, 1.165) is 12.8 Å². The van der Waals surface area contributed by atoms with E-state index in [1.807, 2.05) is 12.3 Å². The van der Waals surface area contributed by atoms with Crippen LogP contribution in [0.25, 0.3) is 0 Å². The van der Waals surface area contributed by atoms with Gasteiger partial charge in [0.15, 0.2) is 0 Å². The van der Waals surface area contributed by atoms with Crippen molar-refractivity contribution in [1.29, 1.82) is 0 Å². The largest absolute Gasteiger partial charge is 0.381 e. The van der Waals surface area contributed by atoms with Crippen LogP contribution in [0.15, 0.2) is 17.1 Å². The topological polar surface area (TPSA) is 21.6 Å². The van der Waals surface area contributed by atoms with Gasteiger partial charge < -0.3 is 9.73 Å². The predicted octanol–water partition coefficient (Wildman–Crippen LogP) is 1.67. The number of hydrogen-bond acceptors (Lipinski definition) is 2. The Morgan fingerprint density at radius 3 is 2.70 bits per heavy atom. The minimum Gasteiger partial charge on any atom is -0.381 e. The molecule has 0 aromatic heterocycles. The van der Waals surface area contributed by atoms with Crippen LogP contribution < -0.4 is 0 Å².